The summed E-state index contributed by atoms with van der Waals surface area (Å²) >= 11 is 0. The molecular formula is C18H16F6N4O. The molecule has 29 heavy (non-hydrogen) atoms. The lowest BCUT2D eigenvalue weighted by molar-refractivity contribution is -0.144. The third kappa shape index (κ3) is 3.37. The highest BCUT2D eigenvalue weighted by Crippen LogP contribution is 2.48. The molecule has 5 nitrogen and oxygen atoms in total. The number of imidazole rings is 1. The second-order valence-electron chi connectivity index (χ2n) is 7.35. The van der Waals surface area contributed by atoms with Crippen molar-refractivity contribution < 1.29 is 31.1 Å². The van der Waals surface area contributed by atoms with E-state index in [1.54, 1.807) is 0 Å². The molecule has 1 amide bonds. The summed E-state index contributed by atoms with van der Waals surface area (Å²) in [4.78, 5) is 17.9. The number of nitrogens with zero attached hydrogens (tertiary/aromatic N) is 3. The Labute approximate surface area is 161 Å². The number of benzene rings is 1. The Kier molecular flexibility index (Phi) is 4.60. The second-order valence-corrected chi connectivity index (χ2v) is 7.35. The van der Waals surface area contributed by atoms with Crippen molar-refractivity contribution >= 4 is 5.91 Å². The zero-order chi connectivity index (χ0) is 21.1. The predicted octanol–water partition coefficient (Wildman–Crippen LogP) is 3.11. The maximum absolute atomic E-state index is 13.8. The van der Waals surface area contributed by atoms with Gasteiger partial charge in [-0.3, -0.25) is 4.79 Å². The monoisotopic (exact) mass is 418 g/mol. The summed E-state index contributed by atoms with van der Waals surface area (Å²) in [5.41, 5.74) is 4.89. The van der Waals surface area contributed by atoms with Gasteiger partial charge in [-0.05, 0) is 24.5 Å². The van der Waals surface area contributed by atoms with Gasteiger partial charge in [0.25, 0.3) is 0 Å². The normalized spacial score (nSPS) is 21.6. The van der Waals surface area contributed by atoms with Crippen LogP contribution in [0, 0.1) is 17.5 Å². The summed E-state index contributed by atoms with van der Waals surface area (Å²) in [5.74, 6) is -3.73. The topological polar surface area (TPSA) is 64.2 Å². The van der Waals surface area contributed by atoms with E-state index in [-0.39, 0.29) is 30.8 Å². The average Bonchev–Trinajstić information content (AvgIpc) is 3.30. The minimum Gasteiger partial charge on any atom is -0.330 e. The number of likely N-dealkylation sites (tertiary alicyclic amines) is 1. The Balaban J connectivity index is 1.44. The fourth-order valence-electron chi connectivity index (χ4n) is 4.15. The number of halogens is 6. The number of hydrogen-bond acceptors (Lipinski definition) is 3. The lowest BCUT2D eigenvalue weighted by Crippen LogP contribution is -2.39. The number of nitrogens with two attached hydrogens (primary N) is 1. The number of aromatic nitrogens is 2. The van der Waals surface area contributed by atoms with Gasteiger partial charge < -0.3 is 15.2 Å². The molecule has 2 bridgehead atoms. The van der Waals surface area contributed by atoms with Crippen LogP contribution in [0.3, 0.4) is 0 Å². The van der Waals surface area contributed by atoms with E-state index in [1.165, 1.54) is 4.90 Å². The van der Waals surface area contributed by atoms with Gasteiger partial charge in [-0.1, -0.05) is 0 Å². The van der Waals surface area contributed by atoms with E-state index >= 15 is 0 Å². The smallest absolute Gasteiger partial charge is 0.330 e. The van der Waals surface area contributed by atoms with E-state index in [0.29, 0.717) is 18.6 Å². The number of rotatable bonds is 4. The van der Waals surface area contributed by atoms with Crippen LogP contribution in [-0.2, 0) is 17.4 Å². The lowest BCUT2D eigenvalue weighted by atomic mass is 10.0. The number of fused-ring (bicyclic) bond motifs is 5. The van der Waals surface area contributed by atoms with Crippen molar-refractivity contribution in [2.45, 2.75) is 43.6 Å². The minimum absolute atomic E-state index is 0.0994. The summed E-state index contributed by atoms with van der Waals surface area (Å²) in [6.45, 7) is 0.0994. The fourth-order valence-corrected chi connectivity index (χ4v) is 4.15. The fraction of sp³-hybridized carbons (Fsp3) is 0.444. The maximum Gasteiger partial charge on any atom is 0.433 e. The van der Waals surface area contributed by atoms with E-state index in [4.69, 9.17) is 5.73 Å². The standard InChI is InChI=1S/C18H16F6N4O/c19-11-5-13(21)12(20)2-8(11)1-9(25)3-16(29)27-7-10-4-14(27)17-26-6-15(28(10)17)18(22,23)24/h2,5-6,9-10,14H,1,3-4,7,25H2/t9-,10-,14-/m1/s1. The van der Waals surface area contributed by atoms with E-state index < -0.39 is 53.4 Å². The average molecular weight is 418 g/mol. The van der Waals surface area contributed by atoms with Crippen LogP contribution >= 0.6 is 0 Å². The molecule has 1 fully saturated rings. The number of amides is 1. The first-order valence-corrected chi connectivity index (χ1v) is 8.89. The first kappa shape index (κ1) is 19.7. The van der Waals surface area contributed by atoms with Crippen molar-refractivity contribution in [3.05, 3.63) is 52.9 Å². The van der Waals surface area contributed by atoms with Gasteiger partial charge in [-0.2, -0.15) is 13.2 Å². The van der Waals surface area contributed by atoms with Crippen molar-refractivity contribution in [1.82, 2.24) is 14.5 Å². The summed E-state index contributed by atoms with van der Waals surface area (Å²) < 4.78 is 80.4. The van der Waals surface area contributed by atoms with Gasteiger partial charge in [-0.25, -0.2) is 18.2 Å². The summed E-state index contributed by atoms with van der Waals surface area (Å²) in [7, 11) is 0. The van der Waals surface area contributed by atoms with E-state index in [2.05, 4.69) is 4.98 Å². The Morgan fingerprint density at radius 2 is 1.90 bits per heavy atom. The zero-order valence-corrected chi connectivity index (χ0v) is 14.9. The molecule has 4 rings (SSSR count). The first-order chi connectivity index (χ1) is 13.6. The molecule has 3 heterocycles. The molecule has 1 aromatic heterocycles. The Bertz CT molecular complexity index is 972. The van der Waals surface area contributed by atoms with Crippen molar-refractivity contribution in [3.63, 3.8) is 0 Å². The molecule has 2 aromatic rings. The van der Waals surface area contributed by atoms with Gasteiger partial charge in [0.05, 0.1) is 18.3 Å². The van der Waals surface area contributed by atoms with Gasteiger partial charge in [0.15, 0.2) is 11.6 Å². The molecule has 0 spiro atoms. The predicted molar refractivity (Wildman–Crippen MR) is 87.9 cm³/mol. The molecule has 1 aromatic carbocycles. The van der Waals surface area contributed by atoms with Crippen LogP contribution in [0.5, 0.6) is 0 Å². The van der Waals surface area contributed by atoms with Gasteiger partial charge in [-0.15, -0.1) is 0 Å². The third-order valence-corrected chi connectivity index (χ3v) is 5.39. The third-order valence-electron chi connectivity index (χ3n) is 5.39. The van der Waals surface area contributed by atoms with E-state index in [0.717, 1.165) is 10.8 Å². The number of carbonyl (C=O) groups excluding carboxylic acids is 1. The van der Waals surface area contributed by atoms with Gasteiger partial charge in [0, 0.05) is 25.1 Å². The van der Waals surface area contributed by atoms with Crippen LogP contribution in [0.1, 0.15) is 42.0 Å². The molecule has 0 saturated carbocycles. The van der Waals surface area contributed by atoms with Crippen molar-refractivity contribution in [2.75, 3.05) is 6.54 Å². The molecule has 2 aliphatic heterocycles. The molecule has 11 heteroatoms. The number of hydrogen-bond donors (Lipinski definition) is 1. The summed E-state index contributed by atoms with van der Waals surface area (Å²) in [6.07, 6.45) is -3.83. The van der Waals surface area contributed by atoms with Gasteiger partial charge in [0.1, 0.15) is 17.3 Å². The second kappa shape index (κ2) is 6.75. The lowest BCUT2D eigenvalue weighted by Gasteiger charge is -2.29. The van der Waals surface area contributed by atoms with Gasteiger partial charge in [0.2, 0.25) is 5.91 Å². The molecule has 0 radical (unpaired) electrons. The highest BCUT2D eigenvalue weighted by atomic mass is 19.4. The summed E-state index contributed by atoms with van der Waals surface area (Å²) in [6, 6.07) is -0.848. The molecule has 156 valence electrons. The Morgan fingerprint density at radius 1 is 1.21 bits per heavy atom. The van der Waals surface area contributed by atoms with Crippen LogP contribution in [-0.4, -0.2) is 32.9 Å². The number of carbonyl (C=O) groups is 1. The molecule has 2 aliphatic rings. The van der Waals surface area contributed by atoms with E-state index in [1.807, 2.05) is 0 Å². The van der Waals surface area contributed by atoms with Crippen LogP contribution < -0.4 is 5.73 Å². The van der Waals surface area contributed by atoms with Crippen molar-refractivity contribution in [1.29, 1.82) is 0 Å². The highest BCUT2D eigenvalue weighted by molar-refractivity contribution is 5.78. The largest absolute Gasteiger partial charge is 0.433 e. The molecule has 1 saturated heterocycles. The van der Waals surface area contributed by atoms with Crippen LogP contribution in [0.15, 0.2) is 18.3 Å². The molecule has 3 atom stereocenters. The Hall–Kier alpha value is -2.56. The zero-order valence-electron chi connectivity index (χ0n) is 14.9. The summed E-state index contributed by atoms with van der Waals surface area (Å²) in [5, 5.41) is 0. The van der Waals surface area contributed by atoms with E-state index in [9.17, 15) is 31.1 Å². The SMILES string of the molecule is N[C@@H](CC(=O)N1C[C@H]2C[C@@H]1c1ncc(C(F)(F)F)n12)Cc1cc(F)c(F)cc1F. The van der Waals surface area contributed by atoms with Crippen LogP contribution in [0.25, 0.3) is 0 Å². The maximum atomic E-state index is 13.8. The molecule has 0 aliphatic carbocycles. The van der Waals surface area contributed by atoms with Gasteiger partial charge >= 0.3 is 6.18 Å². The highest BCUT2D eigenvalue weighted by Gasteiger charge is 2.50. The molecule has 0 unspecified atom stereocenters. The minimum atomic E-state index is -4.53. The molecular weight excluding hydrogens is 402 g/mol. The quantitative estimate of drug-likeness (QED) is 0.613. The van der Waals surface area contributed by atoms with Crippen molar-refractivity contribution in [3.8, 4) is 0 Å². The number of alkyl halides is 3. The molecule has 2 N–H and O–H groups in total. The van der Waals surface area contributed by atoms with Crippen LogP contribution in [0.4, 0.5) is 26.3 Å². The van der Waals surface area contributed by atoms with Crippen LogP contribution in [0.2, 0.25) is 0 Å². The van der Waals surface area contributed by atoms with Crippen molar-refractivity contribution in [2.24, 2.45) is 5.73 Å². The first-order valence-electron chi connectivity index (χ1n) is 8.89. The Morgan fingerprint density at radius 3 is 2.59 bits per heavy atom.